The molecule has 1 aliphatic heterocycles. The van der Waals surface area contributed by atoms with Gasteiger partial charge in [-0.1, -0.05) is 54.6 Å². The van der Waals surface area contributed by atoms with Crippen molar-refractivity contribution in [3.8, 4) is 11.3 Å². The molecule has 2 aliphatic rings. The lowest BCUT2D eigenvalue weighted by Gasteiger charge is -2.40. The lowest BCUT2D eigenvalue weighted by molar-refractivity contribution is -0.136. The van der Waals surface area contributed by atoms with Crippen LogP contribution in [0.15, 0.2) is 72.9 Å². The van der Waals surface area contributed by atoms with Crippen LogP contribution in [0.1, 0.15) is 36.0 Å². The van der Waals surface area contributed by atoms with Gasteiger partial charge in [0.25, 0.3) is 0 Å². The Hall–Kier alpha value is -3.90. The molecule has 0 spiro atoms. The van der Waals surface area contributed by atoms with Gasteiger partial charge in [0.2, 0.25) is 5.91 Å². The molecular weight excluding hydrogens is 470 g/mol. The number of nitrogens with one attached hydrogen (secondary N) is 2. The smallest absolute Gasteiger partial charge is 0.227 e. The van der Waals surface area contributed by atoms with Gasteiger partial charge in [-0.15, -0.1) is 0 Å². The van der Waals surface area contributed by atoms with E-state index in [1.807, 2.05) is 18.3 Å². The number of piperazine rings is 1. The second kappa shape index (κ2) is 9.44. The molecule has 7 rings (SSSR count). The molecule has 192 valence electrons. The van der Waals surface area contributed by atoms with E-state index in [9.17, 15) is 4.79 Å². The van der Waals surface area contributed by atoms with Crippen molar-refractivity contribution in [2.75, 3.05) is 26.2 Å². The van der Waals surface area contributed by atoms with Gasteiger partial charge in [-0.2, -0.15) is 0 Å². The summed E-state index contributed by atoms with van der Waals surface area (Å²) in [5.74, 6) is 1.85. The summed E-state index contributed by atoms with van der Waals surface area (Å²) in [6.45, 7) is 5.65. The van der Waals surface area contributed by atoms with Crippen molar-refractivity contribution >= 4 is 27.6 Å². The van der Waals surface area contributed by atoms with E-state index in [1.54, 1.807) is 0 Å². The van der Waals surface area contributed by atoms with Gasteiger partial charge in [0.05, 0.1) is 18.3 Å². The fraction of sp³-hybridized carbons (Fsp3) is 0.312. The normalized spacial score (nSPS) is 18.4. The summed E-state index contributed by atoms with van der Waals surface area (Å²) < 4.78 is 0. The molecule has 5 aromatic rings. The number of hydrogen-bond acceptors (Lipinski definition) is 3. The second-order valence-corrected chi connectivity index (χ2v) is 11.0. The zero-order valence-electron chi connectivity index (χ0n) is 21.8. The molecular formula is C32H33N5O. The molecule has 1 saturated heterocycles. The van der Waals surface area contributed by atoms with Crippen LogP contribution < -0.4 is 0 Å². The number of hydrogen-bond donors (Lipinski definition) is 2. The Kier molecular flexibility index (Phi) is 5.77. The van der Waals surface area contributed by atoms with Gasteiger partial charge in [-0.3, -0.25) is 9.69 Å². The molecule has 1 saturated carbocycles. The number of carbonyl (C=O) groups excluding carboxylic acids is 1. The van der Waals surface area contributed by atoms with E-state index in [4.69, 9.17) is 4.98 Å². The van der Waals surface area contributed by atoms with E-state index in [2.05, 4.69) is 81.3 Å². The van der Waals surface area contributed by atoms with Crippen LogP contribution in [0.2, 0.25) is 0 Å². The fourth-order valence-corrected chi connectivity index (χ4v) is 6.03. The number of carbonyl (C=O) groups is 1. The summed E-state index contributed by atoms with van der Waals surface area (Å²) in [5, 5.41) is 3.57. The minimum Gasteiger partial charge on any atom is -0.358 e. The Labute approximate surface area is 222 Å². The number of aryl methyl sites for hydroxylation is 1. The molecule has 1 amide bonds. The Bertz CT molecular complexity index is 1630. The topological polar surface area (TPSA) is 68.0 Å². The molecule has 6 heteroatoms. The SMILES string of the molecule is Cc1[nH]c2ccccc2c1CC(=O)N1CCN(CC2CC2)CC1c1ncc(-c2ccc3ccccc3c2)[nH]1. The summed E-state index contributed by atoms with van der Waals surface area (Å²) in [7, 11) is 0. The number of aromatic amines is 2. The van der Waals surface area contributed by atoms with Crippen LogP contribution in [-0.2, 0) is 11.2 Å². The van der Waals surface area contributed by atoms with E-state index < -0.39 is 0 Å². The summed E-state index contributed by atoms with van der Waals surface area (Å²) in [6.07, 6.45) is 4.98. The Morgan fingerprint density at radius 3 is 2.66 bits per heavy atom. The van der Waals surface area contributed by atoms with E-state index in [0.717, 1.165) is 71.3 Å². The molecule has 3 aromatic carbocycles. The largest absolute Gasteiger partial charge is 0.358 e. The Morgan fingerprint density at radius 2 is 1.79 bits per heavy atom. The van der Waals surface area contributed by atoms with Gasteiger partial charge in [0.1, 0.15) is 11.9 Å². The number of H-pyrrole nitrogens is 2. The van der Waals surface area contributed by atoms with E-state index in [0.29, 0.717) is 6.42 Å². The number of imidazole rings is 1. The number of amides is 1. The first-order valence-electron chi connectivity index (χ1n) is 13.7. The van der Waals surface area contributed by atoms with Crippen molar-refractivity contribution in [2.24, 2.45) is 5.92 Å². The summed E-state index contributed by atoms with van der Waals surface area (Å²) in [5.41, 5.74) is 5.36. The fourth-order valence-electron chi connectivity index (χ4n) is 6.03. The first-order valence-corrected chi connectivity index (χ1v) is 13.7. The molecule has 0 bridgehead atoms. The molecule has 1 aliphatic carbocycles. The predicted molar refractivity (Wildman–Crippen MR) is 152 cm³/mol. The highest BCUT2D eigenvalue weighted by Gasteiger charge is 2.36. The maximum Gasteiger partial charge on any atom is 0.227 e. The van der Waals surface area contributed by atoms with Crippen molar-refractivity contribution in [1.29, 1.82) is 0 Å². The van der Waals surface area contributed by atoms with Gasteiger partial charge in [0, 0.05) is 48.3 Å². The van der Waals surface area contributed by atoms with Crippen LogP contribution in [0.3, 0.4) is 0 Å². The first-order chi connectivity index (χ1) is 18.6. The molecule has 2 aromatic heterocycles. The second-order valence-electron chi connectivity index (χ2n) is 11.0. The zero-order chi connectivity index (χ0) is 25.6. The monoisotopic (exact) mass is 503 g/mol. The number of fused-ring (bicyclic) bond motifs is 2. The third kappa shape index (κ3) is 4.39. The number of aromatic nitrogens is 3. The standard InChI is InChI=1S/C32H33N5O/c1-21-27(26-8-4-5-9-28(26)34-21)17-31(38)37-15-14-36(19-22-10-11-22)20-30(37)32-33-18-29(35-32)25-13-12-23-6-2-3-7-24(23)16-25/h2-9,12-13,16,18,22,30,34H,10-11,14-15,17,19-20H2,1H3,(H,33,35). The van der Waals surface area contributed by atoms with Crippen molar-refractivity contribution in [1.82, 2.24) is 24.8 Å². The summed E-state index contributed by atoms with van der Waals surface area (Å²) in [4.78, 5) is 30.3. The van der Waals surface area contributed by atoms with Crippen molar-refractivity contribution < 1.29 is 4.79 Å². The number of nitrogens with zero attached hydrogens (tertiary/aromatic N) is 3. The molecule has 2 fully saturated rings. The van der Waals surface area contributed by atoms with E-state index in [1.165, 1.54) is 23.6 Å². The van der Waals surface area contributed by atoms with Crippen LogP contribution in [0.25, 0.3) is 32.9 Å². The van der Waals surface area contributed by atoms with Gasteiger partial charge in [-0.25, -0.2) is 4.98 Å². The van der Waals surface area contributed by atoms with Crippen LogP contribution in [-0.4, -0.2) is 56.8 Å². The lowest BCUT2D eigenvalue weighted by Crippen LogP contribution is -2.51. The quantitative estimate of drug-likeness (QED) is 0.305. The Morgan fingerprint density at radius 1 is 0.974 bits per heavy atom. The molecule has 2 N–H and O–H groups in total. The highest BCUT2D eigenvalue weighted by atomic mass is 16.2. The number of benzene rings is 3. The third-order valence-corrected chi connectivity index (χ3v) is 8.32. The number of para-hydroxylation sites is 1. The minimum atomic E-state index is -0.0882. The van der Waals surface area contributed by atoms with Crippen molar-refractivity contribution in [3.63, 3.8) is 0 Å². The molecule has 1 unspecified atom stereocenters. The summed E-state index contributed by atoms with van der Waals surface area (Å²) in [6, 6.07) is 23.1. The summed E-state index contributed by atoms with van der Waals surface area (Å²) >= 11 is 0. The highest BCUT2D eigenvalue weighted by Crippen LogP contribution is 2.33. The average Bonchev–Trinajstić information content (AvgIpc) is 3.51. The van der Waals surface area contributed by atoms with E-state index >= 15 is 0 Å². The van der Waals surface area contributed by atoms with Gasteiger partial charge in [-0.05, 0) is 54.2 Å². The zero-order valence-corrected chi connectivity index (χ0v) is 21.8. The molecule has 3 heterocycles. The molecule has 1 atom stereocenters. The first kappa shape index (κ1) is 23.2. The van der Waals surface area contributed by atoms with Crippen LogP contribution >= 0.6 is 0 Å². The third-order valence-electron chi connectivity index (χ3n) is 8.32. The maximum atomic E-state index is 13.9. The van der Waals surface area contributed by atoms with Gasteiger partial charge < -0.3 is 14.9 Å². The van der Waals surface area contributed by atoms with Crippen LogP contribution in [0.4, 0.5) is 0 Å². The Balaban J connectivity index is 1.18. The molecule has 0 radical (unpaired) electrons. The number of rotatable bonds is 6. The highest BCUT2D eigenvalue weighted by molar-refractivity contribution is 5.90. The predicted octanol–water partition coefficient (Wildman–Crippen LogP) is 5.86. The maximum absolute atomic E-state index is 13.9. The average molecular weight is 504 g/mol. The van der Waals surface area contributed by atoms with Gasteiger partial charge in [0.15, 0.2) is 0 Å². The van der Waals surface area contributed by atoms with Crippen molar-refractivity contribution in [3.05, 3.63) is 90.0 Å². The lowest BCUT2D eigenvalue weighted by atomic mass is 10.0. The molecule has 6 nitrogen and oxygen atoms in total. The van der Waals surface area contributed by atoms with Crippen LogP contribution in [0, 0.1) is 12.8 Å². The van der Waals surface area contributed by atoms with E-state index in [-0.39, 0.29) is 11.9 Å². The minimum absolute atomic E-state index is 0.0882. The van der Waals surface area contributed by atoms with Gasteiger partial charge >= 0.3 is 0 Å². The molecule has 38 heavy (non-hydrogen) atoms. The van der Waals surface area contributed by atoms with Crippen LogP contribution in [0.5, 0.6) is 0 Å². The van der Waals surface area contributed by atoms with Crippen molar-refractivity contribution in [2.45, 2.75) is 32.2 Å².